The molecule has 0 saturated carbocycles. The Labute approximate surface area is 104 Å². The van der Waals surface area contributed by atoms with Gasteiger partial charge in [0.2, 0.25) is 0 Å². The molecule has 0 aromatic heterocycles. The summed E-state index contributed by atoms with van der Waals surface area (Å²) < 4.78 is 11.4. The van der Waals surface area contributed by atoms with Gasteiger partial charge in [0.15, 0.2) is 6.29 Å². The van der Waals surface area contributed by atoms with Crippen LogP contribution in [0.2, 0.25) is 0 Å². The fraction of sp³-hybridized carbons (Fsp3) is 0.600. The van der Waals surface area contributed by atoms with E-state index in [1.54, 1.807) is 0 Å². The number of hydrogen-bond acceptors (Lipinski definition) is 2. The monoisotopic (exact) mass is 234 g/mol. The first kappa shape index (κ1) is 12.6. The van der Waals surface area contributed by atoms with Crippen molar-refractivity contribution in [3.05, 3.63) is 35.4 Å². The summed E-state index contributed by atoms with van der Waals surface area (Å²) in [6, 6.07) is 8.73. The maximum atomic E-state index is 5.72. The maximum Gasteiger partial charge on any atom is 0.161 e. The number of hydrogen-bond donors (Lipinski definition) is 0. The van der Waals surface area contributed by atoms with Gasteiger partial charge in [-0.05, 0) is 24.0 Å². The third-order valence-electron chi connectivity index (χ3n) is 3.45. The lowest BCUT2D eigenvalue weighted by molar-refractivity contribution is -0.199. The van der Waals surface area contributed by atoms with Crippen LogP contribution >= 0.6 is 0 Å². The largest absolute Gasteiger partial charge is 0.352 e. The van der Waals surface area contributed by atoms with Gasteiger partial charge in [0.25, 0.3) is 0 Å². The van der Waals surface area contributed by atoms with Crippen LogP contribution in [-0.4, -0.2) is 19.5 Å². The van der Waals surface area contributed by atoms with Crippen molar-refractivity contribution in [3.8, 4) is 0 Å². The van der Waals surface area contributed by atoms with Crippen molar-refractivity contribution in [2.75, 3.05) is 13.2 Å². The molecule has 1 aromatic carbocycles. The highest BCUT2D eigenvalue weighted by Gasteiger charge is 2.20. The first-order valence-electron chi connectivity index (χ1n) is 6.62. The van der Waals surface area contributed by atoms with Gasteiger partial charge in [0, 0.05) is 12.3 Å². The standard InChI is InChI=1S/C15H22O2/c1-3-12-5-7-14(8-6-12)9-15-16-10-13(4-2)11-17-15/h5-8,13,15H,3-4,9-11H2,1-2H3. The molecule has 1 saturated heterocycles. The van der Waals surface area contributed by atoms with Crippen LogP contribution in [0.5, 0.6) is 0 Å². The van der Waals surface area contributed by atoms with E-state index in [2.05, 4.69) is 38.1 Å². The topological polar surface area (TPSA) is 18.5 Å². The molecular weight excluding hydrogens is 212 g/mol. The Morgan fingerprint density at radius 2 is 1.59 bits per heavy atom. The molecular formula is C15H22O2. The summed E-state index contributed by atoms with van der Waals surface area (Å²) in [6.07, 6.45) is 3.04. The van der Waals surface area contributed by atoms with E-state index in [1.807, 2.05) is 0 Å². The zero-order valence-corrected chi connectivity index (χ0v) is 10.8. The molecule has 1 aliphatic rings. The van der Waals surface area contributed by atoms with Gasteiger partial charge < -0.3 is 9.47 Å². The fourth-order valence-electron chi connectivity index (χ4n) is 2.04. The lowest BCUT2D eigenvalue weighted by Crippen LogP contribution is -2.33. The molecule has 2 rings (SSSR count). The number of aryl methyl sites for hydroxylation is 1. The molecule has 0 spiro atoms. The minimum atomic E-state index is -0.0507. The maximum absolute atomic E-state index is 5.72. The Morgan fingerprint density at radius 3 is 2.12 bits per heavy atom. The van der Waals surface area contributed by atoms with E-state index in [9.17, 15) is 0 Å². The van der Waals surface area contributed by atoms with Gasteiger partial charge in [-0.3, -0.25) is 0 Å². The third-order valence-corrected chi connectivity index (χ3v) is 3.45. The highest BCUT2D eigenvalue weighted by atomic mass is 16.7. The summed E-state index contributed by atoms with van der Waals surface area (Å²) in [4.78, 5) is 0. The average molecular weight is 234 g/mol. The molecule has 0 aliphatic carbocycles. The van der Waals surface area contributed by atoms with E-state index in [0.29, 0.717) is 5.92 Å². The molecule has 17 heavy (non-hydrogen) atoms. The lowest BCUT2D eigenvalue weighted by Gasteiger charge is -2.28. The minimum Gasteiger partial charge on any atom is -0.352 e. The second-order valence-corrected chi connectivity index (χ2v) is 4.74. The molecule has 0 N–H and O–H groups in total. The molecule has 2 heteroatoms. The van der Waals surface area contributed by atoms with Gasteiger partial charge in [-0.15, -0.1) is 0 Å². The third kappa shape index (κ3) is 3.55. The summed E-state index contributed by atoms with van der Waals surface area (Å²) in [6.45, 7) is 6.04. The molecule has 1 fully saturated rings. The summed E-state index contributed by atoms with van der Waals surface area (Å²) in [5, 5.41) is 0. The Hall–Kier alpha value is -0.860. The zero-order chi connectivity index (χ0) is 12.1. The van der Waals surface area contributed by atoms with Gasteiger partial charge in [0.05, 0.1) is 13.2 Å². The van der Waals surface area contributed by atoms with E-state index in [4.69, 9.17) is 9.47 Å². The molecule has 1 heterocycles. The molecule has 0 atom stereocenters. The Bertz CT molecular complexity index is 323. The van der Waals surface area contributed by atoms with Crippen molar-refractivity contribution in [2.24, 2.45) is 5.92 Å². The molecule has 0 radical (unpaired) electrons. The van der Waals surface area contributed by atoms with Gasteiger partial charge in [-0.1, -0.05) is 38.1 Å². The van der Waals surface area contributed by atoms with Crippen LogP contribution in [-0.2, 0) is 22.3 Å². The predicted molar refractivity (Wildman–Crippen MR) is 69.0 cm³/mol. The summed E-state index contributed by atoms with van der Waals surface area (Å²) in [5.41, 5.74) is 2.67. The fourth-order valence-corrected chi connectivity index (χ4v) is 2.04. The summed E-state index contributed by atoms with van der Waals surface area (Å²) >= 11 is 0. The van der Waals surface area contributed by atoms with Crippen LogP contribution in [0.15, 0.2) is 24.3 Å². The van der Waals surface area contributed by atoms with Crippen molar-refractivity contribution >= 4 is 0 Å². The molecule has 1 aliphatic heterocycles. The van der Waals surface area contributed by atoms with Crippen molar-refractivity contribution < 1.29 is 9.47 Å². The summed E-state index contributed by atoms with van der Waals surface area (Å²) in [7, 11) is 0. The van der Waals surface area contributed by atoms with Crippen LogP contribution in [0.3, 0.4) is 0 Å². The van der Waals surface area contributed by atoms with E-state index in [0.717, 1.165) is 32.5 Å². The number of ether oxygens (including phenoxy) is 2. The number of benzene rings is 1. The second kappa shape index (κ2) is 6.18. The van der Waals surface area contributed by atoms with Crippen molar-refractivity contribution in [2.45, 2.75) is 39.4 Å². The van der Waals surface area contributed by atoms with Crippen molar-refractivity contribution in [1.82, 2.24) is 0 Å². The Balaban J connectivity index is 1.84. The van der Waals surface area contributed by atoms with Gasteiger partial charge >= 0.3 is 0 Å². The molecule has 94 valence electrons. The molecule has 2 nitrogen and oxygen atoms in total. The quantitative estimate of drug-likeness (QED) is 0.796. The molecule has 0 unspecified atom stereocenters. The van der Waals surface area contributed by atoms with Crippen molar-refractivity contribution in [3.63, 3.8) is 0 Å². The Morgan fingerprint density at radius 1 is 1.00 bits per heavy atom. The van der Waals surface area contributed by atoms with Crippen LogP contribution < -0.4 is 0 Å². The minimum absolute atomic E-state index is 0.0507. The van der Waals surface area contributed by atoms with E-state index in [-0.39, 0.29) is 6.29 Å². The smallest absolute Gasteiger partial charge is 0.161 e. The van der Waals surface area contributed by atoms with Crippen LogP contribution in [0, 0.1) is 5.92 Å². The normalized spacial score (nSPS) is 24.8. The van der Waals surface area contributed by atoms with Crippen molar-refractivity contribution in [1.29, 1.82) is 0 Å². The van der Waals surface area contributed by atoms with Crippen LogP contribution in [0.1, 0.15) is 31.4 Å². The highest BCUT2D eigenvalue weighted by Crippen LogP contribution is 2.17. The predicted octanol–water partition coefficient (Wildman–Crippen LogP) is 3.19. The Kier molecular flexibility index (Phi) is 4.57. The average Bonchev–Trinajstić information content (AvgIpc) is 2.40. The SMILES string of the molecule is CCc1ccc(CC2OCC(CC)CO2)cc1. The molecule has 1 aromatic rings. The van der Waals surface area contributed by atoms with Gasteiger partial charge in [-0.25, -0.2) is 0 Å². The van der Waals surface area contributed by atoms with E-state index < -0.39 is 0 Å². The number of rotatable bonds is 4. The highest BCUT2D eigenvalue weighted by molar-refractivity contribution is 5.22. The van der Waals surface area contributed by atoms with Crippen LogP contribution in [0.25, 0.3) is 0 Å². The van der Waals surface area contributed by atoms with Gasteiger partial charge in [0.1, 0.15) is 0 Å². The summed E-state index contributed by atoms with van der Waals surface area (Å²) in [5.74, 6) is 0.578. The zero-order valence-electron chi connectivity index (χ0n) is 10.8. The van der Waals surface area contributed by atoms with E-state index >= 15 is 0 Å². The first-order valence-corrected chi connectivity index (χ1v) is 6.62. The van der Waals surface area contributed by atoms with Crippen LogP contribution in [0.4, 0.5) is 0 Å². The lowest BCUT2D eigenvalue weighted by atomic mass is 10.1. The molecule has 0 bridgehead atoms. The van der Waals surface area contributed by atoms with E-state index in [1.165, 1.54) is 11.1 Å². The van der Waals surface area contributed by atoms with Gasteiger partial charge in [-0.2, -0.15) is 0 Å². The second-order valence-electron chi connectivity index (χ2n) is 4.74. The first-order chi connectivity index (χ1) is 8.31. The molecule has 0 amide bonds.